The normalized spacial score (nSPS) is 19.7. The maximum absolute atomic E-state index is 12.4. The number of hydrogen-bond donors (Lipinski definition) is 0. The third-order valence-electron chi connectivity index (χ3n) is 3.95. The largest absolute Gasteiger partial charge is 0.303 e. The van der Waals surface area contributed by atoms with Gasteiger partial charge in [0.05, 0.1) is 0 Å². The summed E-state index contributed by atoms with van der Waals surface area (Å²) in [4.78, 5) is 14.6. The zero-order chi connectivity index (χ0) is 12.5. The lowest BCUT2D eigenvalue weighted by Crippen LogP contribution is -2.45. The van der Waals surface area contributed by atoms with Crippen LogP contribution in [0.15, 0.2) is 42.5 Å². The van der Waals surface area contributed by atoms with Gasteiger partial charge in [-0.3, -0.25) is 4.79 Å². The van der Waals surface area contributed by atoms with Crippen LogP contribution in [-0.2, 0) is 0 Å². The lowest BCUT2D eigenvalue weighted by molar-refractivity contribution is 0.0809. The van der Waals surface area contributed by atoms with Crippen LogP contribution in [-0.4, -0.2) is 30.3 Å². The Morgan fingerprint density at radius 3 is 2.72 bits per heavy atom. The number of rotatable bonds is 3. The van der Waals surface area contributed by atoms with Crippen molar-refractivity contribution in [2.75, 3.05) is 13.6 Å². The van der Waals surface area contributed by atoms with Crippen molar-refractivity contribution in [1.29, 1.82) is 0 Å². The summed E-state index contributed by atoms with van der Waals surface area (Å²) in [6.07, 6.45) is 1.79. The first-order valence-corrected chi connectivity index (χ1v) is 6.47. The lowest BCUT2D eigenvalue weighted by atomic mass is 9.93. The molecule has 1 atom stereocenters. The molecule has 18 heavy (non-hydrogen) atoms. The first-order chi connectivity index (χ1) is 8.75. The van der Waals surface area contributed by atoms with Crippen molar-refractivity contribution >= 4 is 16.6 Å². The Balaban J connectivity index is 1.91. The Morgan fingerprint density at radius 2 is 2.00 bits per heavy atom. The molecule has 2 aromatic rings. The van der Waals surface area contributed by atoms with Gasteiger partial charge in [-0.05, 0) is 30.8 Å². The molecule has 2 nitrogen and oxygen atoms in total. The second kappa shape index (κ2) is 4.54. The van der Waals surface area contributed by atoms with Crippen LogP contribution in [0.4, 0.5) is 0 Å². The van der Waals surface area contributed by atoms with Gasteiger partial charge in [-0.1, -0.05) is 42.5 Å². The minimum atomic E-state index is 0.267. The number of Topliss-reactive ketones (excluding diaryl/α,β-unsaturated/α-hetero) is 1. The van der Waals surface area contributed by atoms with Gasteiger partial charge in [-0.15, -0.1) is 0 Å². The highest BCUT2D eigenvalue weighted by atomic mass is 16.1. The highest BCUT2D eigenvalue weighted by Gasteiger charge is 2.27. The molecule has 1 saturated heterocycles. The van der Waals surface area contributed by atoms with Crippen LogP contribution in [0.5, 0.6) is 0 Å². The number of nitrogens with zero attached hydrogens (tertiary/aromatic N) is 1. The number of carbonyl (C=O) groups excluding carboxylic acids is 1. The number of benzene rings is 2. The molecule has 1 heterocycles. The molecule has 2 heteroatoms. The van der Waals surface area contributed by atoms with Crippen LogP contribution < -0.4 is 0 Å². The topological polar surface area (TPSA) is 20.3 Å². The molecule has 0 spiro atoms. The summed E-state index contributed by atoms with van der Waals surface area (Å²) in [7, 11) is 2.09. The van der Waals surface area contributed by atoms with E-state index in [1.54, 1.807) is 0 Å². The summed E-state index contributed by atoms with van der Waals surface area (Å²) in [6, 6.07) is 14.5. The van der Waals surface area contributed by atoms with Crippen molar-refractivity contribution in [2.45, 2.75) is 18.9 Å². The SMILES string of the molecule is CN1CCC1CC(=O)c1cccc2ccccc12. The Morgan fingerprint density at radius 1 is 1.22 bits per heavy atom. The molecule has 0 radical (unpaired) electrons. The molecule has 2 aromatic carbocycles. The predicted molar refractivity (Wildman–Crippen MR) is 73.9 cm³/mol. The van der Waals surface area contributed by atoms with E-state index in [9.17, 15) is 4.79 Å². The summed E-state index contributed by atoms with van der Waals surface area (Å²) in [5.74, 6) is 0.267. The summed E-state index contributed by atoms with van der Waals surface area (Å²) >= 11 is 0. The Kier molecular flexibility index (Phi) is 2.88. The van der Waals surface area contributed by atoms with Gasteiger partial charge in [0.15, 0.2) is 5.78 Å². The number of likely N-dealkylation sites (tertiary alicyclic amines) is 1. The summed E-state index contributed by atoms with van der Waals surface area (Å²) in [6.45, 7) is 1.12. The summed E-state index contributed by atoms with van der Waals surface area (Å²) in [5, 5.41) is 2.22. The molecule has 0 saturated carbocycles. The van der Waals surface area contributed by atoms with Gasteiger partial charge in [-0.25, -0.2) is 0 Å². The molecule has 0 N–H and O–H groups in total. The van der Waals surface area contributed by atoms with E-state index in [4.69, 9.17) is 0 Å². The van der Waals surface area contributed by atoms with Gasteiger partial charge in [0, 0.05) is 18.0 Å². The quantitative estimate of drug-likeness (QED) is 0.767. The van der Waals surface area contributed by atoms with E-state index in [0.717, 1.165) is 29.3 Å². The number of carbonyl (C=O) groups is 1. The third-order valence-corrected chi connectivity index (χ3v) is 3.95. The molecule has 1 aliphatic rings. The van der Waals surface area contributed by atoms with E-state index in [1.807, 2.05) is 30.3 Å². The average Bonchev–Trinajstić information content (AvgIpc) is 2.42. The Hall–Kier alpha value is -1.67. The van der Waals surface area contributed by atoms with E-state index >= 15 is 0 Å². The van der Waals surface area contributed by atoms with Crippen LogP contribution >= 0.6 is 0 Å². The smallest absolute Gasteiger partial charge is 0.165 e. The first-order valence-electron chi connectivity index (χ1n) is 6.47. The third kappa shape index (κ3) is 1.93. The van der Waals surface area contributed by atoms with Crippen LogP contribution in [0.2, 0.25) is 0 Å². The fraction of sp³-hybridized carbons (Fsp3) is 0.312. The number of fused-ring (bicyclic) bond motifs is 1. The lowest BCUT2D eigenvalue weighted by Gasteiger charge is -2.37. The minimum Gasteiger partial charge on any atom is -0.303 e. The predicted octanol–water partition coefficient (Wildman–Crippen LogP) is 3.12. The van der Waals surface area contributed by atoms with Crippen molar-refractivity contribution in [3.8, 4) is 0 Å². The van der Waals surface area contributed by atoms with Crippen LogP contribution in [0, 0.1) is 0 Å². The fourth-order valence-corrected chi connectivity index (χ4v) is 2.62. The fourth-order valence-electron chi connectivity index (χ4n) is 2.62. The molecule has 0 bridgehead atoms. The molecule has 1 aliphatic heterocycles. The summed E-state index contributed by atoms with van der Waals surface area (Å²) < 4.78 is 0. The highest BCUT2D eigenvalue weighted by molar-refractivity contribution is 6.08. The highest BCUT2D eigenvalue weighted by Crippen LogP contribution is 2.24. The number of hydrogen-bond acceptors (Lipinski definition) is 2. The number of ketones is 1. The van der Waals surface area contributed by atoms with E-state index in [2.05, 4.69) is 24.1 Å². The molecule has 1 unspecified atom stereocenters. The van der Waals surface area contributed by atoms with Gasteiger partial charge in [0.1, 0.15) is 0 Å². The van der Waals surface area contributed by atoms with Gasteiger partial charge in [0.2, 0.25) is 0 Å². The van der Waals surface area contributed by atoms with E-state index in [-0.39, 0.29) is 5.78 Å². The van der Waals surface area contributed by atoms with Crippen LogP contribution in [0.25, 0.3) is 10.8 Å². The van der Waals surface area contributed by atoms with Crippen molar-refractivity contribution in [3.05, 3.63) is 48.0 Å². The maximum atomic E-state index is 12.4. The van der Waals surface area contributed by atoms with Crippen molar-refractivity contribution in [3.63, 3.8) is 0 Å². The minimum absolute atomic E-state index is 0.267. The van der Waals surface area contributed by atoms with Gasteiger partial charge in [0.25, 0.3) is 0 Å². The molecule has 0 aromatic heterocycles. The van der Waals surface area contributed by atoms with Crippen molar-refractivity contribution in [1.82, 2.24) is 4.90 Å². The van der Waals surface area contributed by atoms with Gasteiger partial charge in [-0.2, -0.15) is 0 Å². The molecule has 0 amide bonds. The van der Waals surface area contributed by atoms with Gasteiger partial charge >= 0.3 is 0 Å². The molecule has 1 fully saturated rings. The zero-order valence-corrected chi connectivity index (χ0v) is 10.6. The van der Waals surface area contributed by atoms with Crippen LogP contribution in [0.3, 0.4) is 0 Å². The van der Waals surface area contributed by atoms with Gasteiger partial charge < -0.3 is 4.90 Å². The molecule has 0 aliphatic carbocycles. The standard InChI is InChI=1S/C16H17NO/c1-17-10-9-13(17)11-16(18)15-8-4-6-12-5-2-3-7-14(12)15/h2-8,13H,9-11H2,1H3. The van der Waals surface area contributed by atoms with Crippen molar-refractivity contribution in [2.24, 2.45) is 0 Å². The summed E-state index contributed by atoms with van der Waals surface area (Å²) in [5.41, 5.74) is 0.869. The van der Waals surface area contributed by atoms with E-state index in [0.29, 0.717) is 12.5 Å². The first kappa shape index (κ1) is 11.4. The molecule has 3 rings (SSSR count). The molecular formula is C16H17NO. The molecule has 92 valence electrons. The zero-order valence-electron chi connectivity index (χ0n) is 10.6. The van der Waals surface area contributed by atoms with E-state index < -0.39 is 0 Å². The average molecular weight is 239 g/mol. The second-order valence-corrected chi connectivity index (χ2v) is 5.08. The Labute approximate surface area is 107 Å². The maximum Gasteiger partial charge on any atom is 0.165 e. The monoisotopic (exact) mass is 239 g/mol. The molecular weight excluding hydrogens is 222 g/mol. The van der Waals surface area contributed by atoms with E-state index in [1.165, 1.54) is 0 Å². The second-order valence-electron chi connectivity index (χ2n) is 5.08. The van der Waals surface area contributed by atoms with Crippen LogP contribution in [0.1, 0.15) is 23.2 Å². The van der Waals surface area contributed by atoms with Crippen molar-refractivity contribution < 1.29 is 4.79 Å². The Bertz CT molecular complexity index is 585.